The molecule has 0 saturated carbocycles. The number of aromatic nitrogens is 4. The summed E-state index contributed by atoms with van der Waals surface area (Å²) in [5, 5.41) is 5.19. The molecular formula is C15H22ClN5. The van der Waals surface area contributed by atoms with Crippen molar-refractivity contribution in [3.05, 3.63) is 40.7 Å². The average Bonchev–Trinajstić information content (AvgIpc) is 2.76. The van der Waals surface area contributed by atoms with Crippen molar-refractivity contribution in [2.24, 2.45) is 7.05 Å². The molecule has 1 atom stereocenters. The SMILES string of the molecule is CCc1nn(C)c(Cl)c1CN(C)[C@@H](C)Cc1cnccn1. The van der Waals surface area contributed by atoms with Crippen molar-refractivity contribution >= 4 is 11.6 Å². The first-order valence-electron chi connectivity index (χ1n) is 7.18. The molecule has 2 heterocycles. The molecule has 0 aromatic carbocycles. The van der Waals surface area contributed by atoms with Gasteiger partial charge in [-0.3, -0.25) is 19.5 Å². The molecule has 0 saturated heterocycles. The number of likely N-dealkylation sites (N-methyl/N-ethyl adjacent to an activating group) is 1. The maximum Gasteiger partial charge on any atom is 0.131 e. The van der Waals surface area contributed by atoms with Gasteiger partial charge in [-0.15, -0.1) is 0 Å². The summed E-state index contributed by atoms with van der Waals surface area (Å²) in [7, 11) is 3.98. The summed E-state index contributed by atoms with van der Waals surface area (Å²) >= 11 is 6.35. The first-order chi connectivity index (χ1) is 10.0. The predicted molar refractivity (Wildman–Crippen MR) is 84.3 cm³/mol. The summed E-state index contributed by atoms with van der Waals surface area (Å²) in [6.45, 7) is 5.08. The highest BCUT2D eigenvalue weighted by Crippen LogP contribution is 2.22. The Morgan fingerprint density at radius 3 is 2.76 bits per heavy atom. The fourth-order valence-electron chi connectivity index (χ4n) is 2.34. The number of aryl methyl sites for hydroxylation is 2. The van der Waals surface area contributed by atoms with Crippen LogP contribution in [0.4, 0.5) is 0 Å². The van der Waals surface area contributed by atoms with Gasteiger partial charge in [0.15, 0.2) is 0 Å². The van der Waals surface area contributed by atoms with Crippen molar-refractivity contribution in [3.8, 4) is 0 Å². The Bertz CT molecular complexity index is 581. The Kier molecular flexibility index (Phi) is 5.31. The first kappa shape index (κ1) is 15.9. The third-order valence-electron chi connectivity index (χ3n) is 3.77. The van der Waals surface area contributed by atoms with E-state index in [1.807, 2.05) is 13.2 Å². The van der Waals surface area contributed by atoms with Crippen LogP contribution in [0.2, 0.25) is 5.15 Å². The molecule has 0 N–H and O–H groups in total. The minimum Gasteiger partial charge on any atom is -0.299 e. The summed E-state index contributed by atoms with van der Waals surface area (Å²) < 4.78 is 1.75. The molecule has 0 aliphatic carbocycles. The van der Waals surface area contributed by atoms with Gasteiger partial charge in [0.25, 0.3) is 0 Å². The molecule has 0 aliphatic rings. The zero-order valence-corrected chi connectivity index (χ0v) is 13.8. The van der Waals surface area contributed by atoms with Gasteiger partial charge in [-0.2, -0.15) is 5.10 Å². The lowest BCUT2D eigenvalue weighted by Gasteiger charge is -2.24. The monoisotopic (exact) mass is 307 g/mol. The molecule has 0 aliphatic heterocycles. The fourth-order valence-corrected chi connectivity index (χ4v) is 2.55. The zero-order chi connectivity index (χ0) is 15.4. The quantitative estimate of drug-likeness (QED) is 0.822. The van der Waals surface area contributed by atoms with Crippen LogP contribution in [0, 0.1) is 0 Å². The average molecular weight is 308 g/mol. The molecule has 0 spiro atoms. The smallest absolute Gasteiger partial charge is 0.131 e. The van der Waals surface area contributed by atoms with Crippen molar-refractivity contribution in [3.63, 3.8) is 0 Å². The van der Waals surface area contributed by atoms with Gasteiger partial charge >= 0.3 is 0 Å². The van der Waals surface area contributed by atoms with Gasteiger partial charge in [-0.1, -0.05) is 18.5 Å². The maximum atomic E-state index is 6.35. The highest BCUT2D eigenvalue weighted by Gasteiger charge is 2.18. The Morgan fingerprint density at radius 2 is 2.14 bits per heavy atom. The third kappa shape index (κ3) is 3.80. The second-order valence-corrected chi connectivity index (χ2v) is 5.72. The summed E-state index contributed by atoms with van der Waals surface area (Å²) in [6.07, 6.45) is 7.00. The van der Waals surface area contributed by atoms with Crippen LogP contribution in [0.15, 0.2) is 18.6 Å². The maximum absolute atomic E-state index is 6.35. The van der Waals surface area contributed by atoms with Crippen LogP contribution in [0.1, 0.15) is 30.8 Å². The van der Waals surface area contributed by atoms with Crippen molar-refractivity contribution in [1.29, 1.82) is 0 Å². The normalized spacial score (nSPS) is 12.9. The minimum absolute atomic E-state index is 0.350. The summed E-state index contributed by atoms with van der Waals surface area (Å²) in [5.41, 5.74) is 3.20. The van der Waals surface area contributed by atoms with Crippen LogP contribution in [0.25, 0.3) is 0 Å². The van der Waals surface area contributed by atoms with E-state index in [4.69, 9.17) is 11.6 Å². The molecule has 0 unspecified atom stereocenters. The number of halogens is 1. The van der Waals surface area contributed by atoms with E-state index in [1.165, 1.54) is 0 Å². The molecule has 114 valence electrons. The molecular weight excluding hydrogens is 286 g/mol. The second-order valence-electron chi connectivity index (χ2n) is 5.36. The highest BCUT2D eigenvalue weighted by atomic mass is 35.5. The largest absolute Gasteiger partial charge is 0.299 e. The molecule has 0 amide bonds. The number of rotatable bonds is 6. The molecule has 0 radical (unpaired) electrons. The Labute approximate surface area is 131 Å². The van der Waals surface area contributed by atoms with Crippen molar-refractivity contribution in [2.75, 3.05) is 7.05 Å². The molecule has 2 aromatic rings. The molecule has 2 aromatic heterocycles. The third-order valence-corrected chi connectivity index (χ3v) is 4.24. The van der Waals surface area contributed by atoms with E-state index in [0.717, 1.165) is 41.5 Å². The van der Waals surface area contributed by atoms with Gasteiger partial charge in [-0.25, -0.2) is 0 Å². The molecule has 0 bridgehead atoms. The van der Waals surface area contributed by atoms with Gasteiger partial charge in [0.1, 0.15) is 5.15 Å². The van der Waals surface area contributed by atoms with E-state index >= 15 is 0 Å². The lowest BCUT2D eigenvalue weighted by Crippen LogP contribution is -2.31. The van der Waals surface area contributed by atoms with Gasteiger partial charge in [0.05, 0.1) is 11.4 Å². The van der Waals surface area contributed by atoms with Crippen molar-refractivity contribution in [2.45, 2.75) is 39.3 Å². The van der Waals surface area contributed by atoms with Crippen LogP contribution in [-0.2, 0) is 26.4 Å². The van der Waals surface area contributed by atoms with Crippen molar-refractivity contribution < 1.29 is 0 Å². The lowest BCUT2D eigenvalue weighted by atomic mass is 10.1. The first-order valence-corrected chi connectivity index (χ1v) is 7.56. The van der Waals surface area contributed by atoms with E-state index in [0.29, 0.717) is 6.04 Å². The Balaban J connectivity index is 2.05. The fraction of sp³-hybridized carbons (Fsp3) is 0.533. The van der Waals surface area contributed by atoms with E-state index in [2.05, 4.69) is 40.9 Å². The summed E-state index contributed by atoms with van der Waals surface area (Å²) in [4.78, 5) is 10.7. The van der Waals surface area contributed by atoms with E-state index in [9.17, 15) is 0 Å². The second kappa shape index (κ2) is 7.00. The Morgan fingerprint density at radius 1 is 1.38 bits per heavy atom. The van der Waals surface area contributed by atoms with E-state index in [-0.39, 0.29) is 0 Å². The van der Waals surface area contributed by atoms with E-state index < -0.39 is 0 Å². The summed E-state index contributed by atoms with van der Waals surface area (Å²) in [6, 6.07) is 0.350. The molecule has 0 fully saturated rings. The predicted octanol–water partition coefficient (Wildman–Crippen LogP) is 2.49. The summed E-state index contributed by atoms with van der Waals surface area (Å²) in [5.74, 6) is 0. The standard InChI is InChI=1S/C15H22ClN5/c1-5-14-13(15(16)21(4)19-14)10-20(3)11(2)8-12-9-17-6-7-18-12/h6-7,9,11H,5,8,10H2,1-4H3/t11-/m0/s1. The van der Waals surface area contributed by atoms with Gasteiger partial charge in [0.2, 0.25) is 0 Å². The van der Waals surface area contributed by atoms with Crippen LogP contribution in [-0.4, -0.2) is 37.7 Å². The minimum atomic E-state index is 0.350. The lowest BCUT2D eigenvalue weighted by molar-refractivity contribution is 0.246. The topological polar surface area (TPSA) is 46.8 Å². The van der Waals surface area contributed by atoms with E-state index in [1.54, 1.807) is 17.1 Å². The Hall–Kier alpha value is -1.46. The van der Waals surface area contributed by atoms with Gasteiger partial charge in [0, 0.05) is 50.2 Å². The zero-order valence-electron chi connectivity index (χ0n) is 13.0. The van der Waals surface area contributed by atoms with Crippen LogP contribution in [0.5, 0.6) is 0 Å². The highest BCUT2D eigenvalue weighted by molar-refractivity contribution is 6.30. The number of hydrogen-bond acceptors (Lipinski definition) is 4. The van der Waals surface area contributed by atoms with Crippen LogP contribution in [0.3, 0.4) is 0 Å². The number of nitrogens with zero attached hydrogens (tertiary/aromatic N) is 5. The molecule has 2 rings (SSSR count). The van der Waals surface area contributed by atoms with Crippen LogP contribution < -0.4 is 0 Å². The van der Waals surface area contributed by atoms with Gasteiger partial charge in [-0.05, 0) is 20.4 Å². The van der Waals surface area contributed by atoms with Gasteiger partial charge < -0.3 is 0 Å². The molecule has 21 heavy (non-hydrogen) atoms. The van der Waals surface area contributed by atoms with Crippen molar-refractivity contribution in [1.82, 2.24) is 24.6 Å². The molecule has 5 nitrogen and oxygen atoms in total. The molecule has 6 heteroatoms. The number of hydrogen-bond donors (Lipinski definition) is 0. The van der Waals surface area contributed by atoms with Crippen LogP contribution >= 0.6 is 11.6 Å².